The van der Waals surface area contributed by atoms with Gasteiger partial charge < -0.3 is 8.83 Å². The molecule has 0 bridgehead atoms. The Kier molecular flexibility index (Phi) is 8.42. The number of furan rings is 2. The molecule has 0 aliphatic carbocycles. The van der Waals surface area contributed by atoms with Gasteiger partial charge in [0.05, 0.1) is 0 Å². The number of para-hydroxylation sites is 1. The second kappa shape index (κ2) is 14.0. The van der Waals surface area contributed by atoms with Crippen molar-refractivity contribution in [2.75, 3.05) is 0 Å². The second-order valence-corrected chi connectivity index (χ2v) is 13.0. The van der Waals surface area contributed by atoms with Gasteiger partial charge in [-0.25, -0.2) is 9.98 Å². The molecule has 256 valence electrons. The highest BCUT2D eigenvalue weighted by molar-refractivity contribution is 6.23. The Morgan fingerprint density at radius 3 is 2.13 bits per heavy atom. The van der Waals surface area contributed by atoms with Crippen LogP contribution in [0.3, 0.4) is 0 Å². The molecular formula is C49H33N3O2. The molecule has 1 N–H and O–H groups in total. The summed E-state index contributed by atoms with van der Waals surface area (Å²) in [6.45, 7) is 3.87. The summed E-state index contributed by atoms with van der Waals surface area (Å²) in [6.07, 6.45) is 7.26. The Labute approximate surface area is 312 Å². The molecule has 0 radical (unpaired) electrons. The fourth-order valence-electron chi connectivity index (χ4n) is 7.06. The van der Waals surface area contributed by atoms with Crippen LogP contribution >= 0.6 is 0 Å². The number of fused-ring (bicyclic) bond motifs is 5. The van der Waals surface area contributed by atoms with Gasteiger partial charge in [-0.1, -0.05) is 152 Å². The average Bonchev–Trinajstić information content (AvgIpc) is 3.79. The molecule has 2 aromatic heterocycles. The first-order valence-corrected chi connectivity index (χ1v) is 17.8. The number of amidine groups is 2. The van der Waals surface area contributed by atoms with Crippen molar-refractivity contribution in [3.63, 3.8) is 0 Å². The summed E-state index contributed by atoms with van der Waals surface area (Å²) in [6, 6.07) is 52.9. The molecule has 0 amide bonds. The van der Waals surface area contributed by atoms with Crippen molar-refractivity contribution < 1.29 is 8.83 Å². The van der Waals surface area contributed by atoms with Crippen LogP contribution in [0.15, 0.2) is 195 Å². The number of allylic oxidation sites excluding steroid dienone is 2. The van der Waals surface area contributed by atoms with E-state index in [0.717, 1.165) is 66.3 Å². The summed E-state index contributed by atoms with van der Waals surface area (Å²) < 4.78 is 12.7. The minimum Gasteiger partial charge on any atom is -0.456 e. The molecule has 0 atom stereocenters. The van der Waals surface area contributed by atoms with Crippen LogP contribution in [-0.4, -0.2) is 17.9 Å². The first kappa shape index (κ1) is 32.5. The Morgan fingerprint density at radius 1 is 0.593 bits per heavy atom. The van der Waals surface area contributed by atoms with E-state index in [0.29, 0.717) is 17.2 Å². The van der Waals surface area contributed by atoms with Crippen molar-refractivity contribution in [1.29, 1.82) is 5.41 Å². The van der Waals surface area contributed by atoms with E-state index < -0.39 is 0 Å². The van der Waals surface area contributed by atoms with Gasteiger partial charge in [0.2, 0.25) is 0 Å². The lowest BCUT2D eigenvalue weighted by Crippen LogP contribution is -2.05. The molecule has 54 heavy (non-hydrogen) atoms. The number of hydrogen-bond acceptors (Lipinski definition) is 3. The van der Waals surface area contributed by atoms with Gasteiger partial charge in [0, 0.05) is 39.1 Å². The molecule has 0 aliphatic rings. The molecule has 0 spiro atoms. The van der Waals surface area contributed by atoms with Gasteiger partial charge in [0.1, 0.15) is 22.5 Å². The number of nitrogens with zero attached hydrogens (tertiary/aromatic N) is 2. The lowest BCUT2D eigenvalue weighted by Gasteiger charge is -2.08. The first-order chi connectivity index (χ1) is 26.6. The molecule has 5 nitrogen and oxygen atoms in total. The fourth-order valence-corrected chi connectivity index (χ4v) is 7.06. The molecular weight excluding hydrogens is 663 g/mol. The SMILES string of the molecule is C=C/C=C\c1oc2cccc(-c3ccccc3)c2c1/C=N/C(=N\C(=N)c1ccc(-c2ccc3ccccc3c2)cc1)c1cccc2oc3ccccc3c12. The van der Waals surface area contributed by atoms with Gasteiger partial charge in [-0.05, 0) is 63.4 Å². The minimum atomic E-state index is 0.0887. The number of rotatable bonds is 7. The van der Waals surface area contributed by atoms with E-state index in [-0.39, 0.29) is 5.84 Å². The molecule has 0 unspecified atom stereocenters. The zero-order valence-corrected chi connectivity index (χ0v) is 29.2. The first-order valence-electron chi connectivity index (χ1n) is 17.8. The molecule has 9 rings (SSSR count). The van der Waals surface area contributed by atoms with Crippen LogP contribution in [0.2, 0.25) is 0 Å². The maximum absolute atomic E-state index is 9.26. The van der Waals surface area contributed by atoms with Gasteiger partial charge in [-0.2, -0.15) is 0 Å². The van der Waals surface area contributed by atoms with Crippen LogP contribution in [-0.2, 0) is 0 Å². The van der Waals surface area contributed by atoms with Crippen LogP contribution in [0.5, 0.6) is 0 Å². The smallest absolute Gasteiger partial charge is 0.162 e. The summed E-state index contributed by atoms with van der Waals surface area (Å²) >= 11 is 0. The summed E-state index contributed by atoms with van der Waals surface area (Å²) in [5.41, 5.74) is 8.72. The van der Waals surface area contributed by atoms with E-state index in [2.05, 4.69) is 67.2 Å². The maximum Gasteiger partial charge on any atom is 0.162 e. The van der Waals surface area contributed by atoms with E-state index in [1.54, 1.807) is 12.3 Å². The van der Waals surface area contributed by atoms with E-state index in [4.69, 9.17) is 18.8 Å². The highest BCUT2D eigenvalue weighted by atomic mass is 16.3. The van der Waals surface area contributed by atoms with Gasteiger partial charge in [-0.15, -0.1) is 0 Å². The molecule has 9 aromatic rings. The number of benzene rings is 7. The van der Waals surface area contributed by atoms with Crippen molar-refractivity contribution in [2.45, 2.75) is 0 Å². The third-order valence-electron chi connectivity index (χ3n) is 9.67. The zero-order valence-electron chi connectivity index (χ0n) is 29.2. The van der Waals surface area contributed by atoms with Gasteiger partial charge >= 0.3 is 0 Å². The third kappa shape index (κ3) is 6.04. The second-order valence-electron chi connectivity index (χ2n) is 13.0. The van der Waals surface area contributed by atoms with Crippen LogP contribution in [0.1, 0.15) is 22.5 Å². The Morgan fingerprint density at radius 2 is 1.30 bits per heavy atom. The van der Waals surface area contributed by atoms with E-state index in [1.165, 1.54) is 10.8 Å². The molecule has 0 fully saturated rings. The monoisotopic (exact) mass is 695 g/mol. The highest BCUT2D eigenvalue weighted by Gasteiger charge is 2.19. The fraction of sp³-hybridized carbons (Fsp3) is 0. The van der Waals surface area contributed by atoms with Crippen molar-refractivity contribution in [1.82, 2.24) is 0 Å². The molecule has 7 aromatic carbocycles. The predicted octanol–water partition coefficient (Wildman–Crippen LogP) is 12.9. The van der Waals surface area contributed by atoms with Gasteiger partial charge in [0.15, 0.2) is 11.7 Å². The largest absolute Gasteiger partial charge is 0.456 e. The van der Waals surface area contributed by atoms with Crippen molar-refractivity contribution in [2.24, 2.45) is 9.98 Å². The molecule has 0 saturated heterocycles. The molecule has 5 heteroatoms. The predicted molar refractivity (Wildman–Crippen MR) is 225 cm³/mol. The summed E-state index contributed by atoms with van der Waals surface area (Å²) in [5, 5.41) is 14.4. The number of aliphatic imine (C=N–C) groups is 2. The van der Waals surface area contributed by atoms with Crippen molar-refractivity contribution in [3.05, 3.63) is 199 Å². The van der Waals surface area contributed by atoms with Crippen molar-refractivity contribution >= 4 is 67.6 Å². The zero-order chi connectivity index (χ0) is 36.4. The molecule has 0 saturated carbocycles. The van der Waals surface area contributed by atoms with Crippen LogP contribution in [0, 0.1) is 5.41 Å². The lowest BCUT2D eigenvalue weighted by molar-refractivity contribution is 0.603. The summed E-state index contributed by atoms with van der Waals surface area (Å²) in [7, 11) is 0. The van der Waals surface area contributed by atoms with Crippen LogP contribution < -0.4 is 0 Å². The highest BCUT2D eigenvalue weighted by Crippen LogP contribution is 2.36. The topological polar surface area (TPSA) is 74.8 Å². The minimum absolute atomic E-state index is 0.0887. The van der Waals surface area contributed by atoms with E-state index >= 15 is 0 Å². The number of nitrogens with one attached hydrogen (secondary N) is 1. The standard InChI is InChI=1S/C49H33N3O2/c1-2-3-20-43-41(46-38(18-11-22-44(46)54-43)34-14-5-4-6-15-34)31-51-49(40-19-12-23-45-47(40)39-17-9-10-21-42(39)53-45)52-48(50)35-27-24-33(25-28-35)37-29-26-32-13-7-8-16-36(32)30-37/h2-31,50H,1H2/b20-3-,50-48?,51-31+,52-49-. The van der Waals surface area contributed by atoms with Crippen LogP contribution in [0.4, 0.5) is 0 Å². The molecule has 0 aliphatic heterocycles. The Bertz CT molecular complexity index is 2960. The quantitative estimate of drug-likeness (QED) is 0.102. The van der Waals surface area contributed by atoms with Crippen LogP contribution in [0.25, 0.3) is 72.0 Å². The van der Waals surface area contributed by atoms with E-state index in [1.807, 2.05) is 109 Å². The molecule has 2 heterocycles. The number of hydrogen-bond donors (Lipinski definition) is 1. The third-order valence-corrected chi connectivity index (χ3v) is 9.67. The maximum atomic E-state index is 9.26. The Hall–Kier alpha value is -7.37. The Balaban J connectivity index is 1.19. The van der Waals surface area contributed by atoms with Crippen molar-refractivity contribution in [3.8, 4) is 22.3 Å². The lowest BCUT2D eigenvalue weighted by atomic mass is 9.98. The van der Waals surface area contributed by atoms with Gasteiger partial charge in [0.25, 0.3) is 0 Å². The van der Waals surface area contributed by atoms with Gasteiger partial charge in [-0.3, -0.25) is 5.41 Å². The summed E-state index contributed by atoms with van der Waals surface area (Å²) in [5.74, 6) is 1.11. The van der Waals surface area contributed by atoms with E-state index in [9.17, 15) is 5.41 Å². The normalized spacial score (nSPS) is 12.2. The summed E-state index contributed by atoms with van der Waals surface area (Å²) in [4.78, 5) is 10.1. The average molecular weight is 696 g/mol.